The molecule has 1 aromatic heterocycles. The largest absolute Gasteiger partial charge is 0.504 e. The monoisotopic (exact) mass is 152 g/mol. The fourth-order valence-corrected chi connectivity index (χ4v) is 0.900. The summed E-state index contributed by atoms with van der Waals surface area (Å²) in [6.07, 6.45) is 2.86. The minimum absolute atomic E-state index is 0.118. The summed E-state index contributed by atoms with van der Waals surface area (Å²) in [4.78, 5) is 7.69. The third kappa shape index (κ3) is 1.67. The molecule has 0 saturated heterocycles. The van der Waals surface area contributed by atoms with E-state index >= 15 is 0 Å². The average molecular weight is 152 g/mol. The van der Waals surface area contributed by atoms with Crippen LogP contribution < -0.4 is 0 Å². The van der Waals surface area contributed by atoms with E-state index in [2.05, 4.69) is 9.97 Å². The van der Waals surface area contributed by atoms with Crippen molar-refractivity contribution in [2.45, 2.75) is 26.2 Å². The molecule has 3 nitrogen and oxygen atoms in total. The van der Waals surface area contributed by atoms with E-state index in [1.165, 1.54) is 12.5 Å². The van der Waals surface area contributed by atoms with Crippen LogP contribution in [0.1, 0.15) is 26.5 Å². The summed E-state index contributed by atoms with van der Waals surface area (Å²) < 4.78 is 0. The Kier molecular flexibility index (Phi) is 1.81. The van der Waals surface area contributed by atoms with Crippen molar-refractivity contribution in [1.29, 1.82) is 0 Å². The van der Waals surface area contributed by atoms with E-state index in [0.29, 0.717) is 5.69 Å². The summed E-state index contributed by atoms with van der Waals surface area (Å²) in [5, 5.41) is 9.32. The van der Waals surface area contributed by atoms with E-state index in [1.807, 2.05) is 20.8 Å². The third-order valence-corrected chi connectivity index (χ3v) is 1.40. The van der Waals surface area contributed by atoms with Crippen molar-refractivity contribution in [3.63, 3.8) is 0 Å². The molecule has 1 rings (SSSR count). The average Bonchev–Trinajstić information content (AvgIpc) is 1.86. The number of hydrogen-bond donors (Lipinski definition) is 1. The molecule has 0 radical (unpaired) electrons. The second-order valence-electron chi connectivity index (χ2n) is 3.51. The van der Waals surface area contributed by atoms with Gasteiger partial charge in [-0.25, -0.2) is 9.97 Å². The molecule has 0 bridgehead atoms. The summed E-state index contributed by atoms with van der Waals surface area (Å²) >= 11 is 0. The van der Waals surface area contributed by atoms with Crippen LogP contribution in [-0.4, -0.2) is 15.1 Å². The molecular weight excluding hydrogens is 140 g/mol. The zero-order valence-corrected chi connectivity index (χ0v) is 7.00. The first-order valence-corrected chi connectivity index (χ1v) is 3.51. The van der Waals surface area contributed by atoms with Crippen LogP contribution in [0.15, 0.2) is 12.5 Å². The lowest BCUT2D eigenvalue weighted by atomic mass is 9.91. The van der Waals surface area contributed by atoms with Gasteiger partial charge >= 0.3 is 0 Å². The first-order chi connectivity index (χ1) is 5.02. The molecule has 0 aliphatic rings. The smallest absolute Gasteiger partial charge is 0.155 e. The Bertz CT molecular complexity index is 253. The van der Waals surface area contributed by atoms with Crippen molar-refractivity contribution in [2.75, 3.05) is 0 Å². The Balaban J connectivity index is 3.14. The number of rotatable bonds is 0. The first kappa shape index (κ1) is 7.98. The van der Waals surface area contributed by atoms with Crippen molar-refractivity contribution in [3.05, 3.63) is 18.2 Å². The predicted molar refractivity (Wildman–Crippen MR) is 42.4 cm³/mol. The Morgan fingerprint density at radius 3 is 2.36 bits per heavy atom. The molecular formula is C8H12N2O. The van der Waals surface area contributed by atoms with Gasteiger partial charge in [0.25, 0.3) is 0 Å². The molecule has 0 aliphatic carbocycles. The maximum absolute atomic E-state index is 9.32. The predicted octanol–water partition coefficient (Wildman–Crippen LogP) is 1.48. The van der Waals surface area contributed by atoms with E-state index in [4.69, 9.17) is 0 Å². The maximum atomic E-state index is 9.32. The Morgan fingerprint density at radius 1 is 1.36 bits per heavy atom. The van der Waals surface area contributed by atoms with Crippen LogP contribution in [0.5, 0.6) is 5.75 Å². The zero-order valence-electron chi connectivity index (χ0n) is 7.00. The lowest BCUT2D eigenvalue weighted by Crippen LogP contribution is -2.13. The molecule has 1 aromatic rings. The number of aromatic hydroxyl groups is 1. The second kappa shape index (κ2) is 2.49. The van der Waals surface area contributed by atoms with Crippen molar-refractivity contribution in [2.24, 2.45) is 0 Å². The standard InChI is InChI=1S/C8H12N2O/c1-8(2,3)7-6(11)4-9-5-10-7/h4-5,11H,1-3H3. The lowest BCUT2D eigenvalue weighted by Gasteiger charge is -2.17. The molecule has 0 fully saturated rings. The van der Waals surface area contributed by atoms with Gasteiger partial charge in [-0.05, 0) is 0 Å². The number of hydrogen-bond acceptors (Lipinski definition) is 3. The van der Waals surface area contributed by atoms with E-state index in [0.717, 1.165) is 0 Å². The van der Waals surface area contributed by atoms with Gasteiger partial charge in [0.15, 0.2) is 5.75 Å². The molecule has 1 N–H and O–H groups in total. The molecule has 3 heteroatoms. The molecule has 0 aromatic carbocycles. The minimum atomic E-state index is -0.118. The van der Waals surface area contributed by atoms with Gasteiger partial charge in [0.05, 0.1) is 11.9 Å². The van der Waals surface area contributed by atoms with Crippen molar-refractivity contribution in [1.82, 2.24) is 9.97 Å². The molecule has 0 saturated carbocycles. The zero-order chi connectivity index (χ0) is 8.48. The molecule has 0 spiro atoms. The van der Waals surface area contributed by atoms with Gasteiger partial charge in [-0.1, -0.05) is 20.8 Å². The summed E-state index contributed by atoms with van der Waals surface area (Å²) in [5.74, 6) is 0.167. The van der Waals surface area contributed by atoms with E-state index in [-0.39, 0.29) is 11.2 Å². The fraction of sp³-hybridized carbons (Fsp3) is 0.500. The Hall–Kier alpha value is -1.12. The maximum Gasteiger partial charge on any atom is 0.155 e. The normalized spacial score (nSPS) is 11.5. The van der Waals surface area contributed by atoms with Crippen molar-refractivity contribution < 1.29 is 5.11 Å². The highest BCUT2D eigenvalue weighted by atomic mass is 16.3. The van der Waals surface area contributed by atoms with Crippen LogP contribution in [-0.2, 0) is 5.41 Å². The van der Waals surface area contributed by atoms with Crippen LogP contribution >= 0.6 is 0 Å². The van der Waals surface area contributed by atoms with Crippen LogP contribution in [0.3, 0.4) is 0 Å². The van der Waals surface area contributed by atoms with Crippen molar-refractivity contribution >= 4 is 0 Å². The van der Waals surface area contributed by atoms with Gasteiger partial charge in [0.2, 0.25) is 0 Å². The molecule has 60 valence electrons. The van der Waals surface area contributed by atoms with Crippen LogP contribution in [0, 0.1) is 0 Å². The van der Waals surface area contributed by atoms with Crippen LogP contribution in [0.25, 0.3) is 0 Å². The minimum Gasteiger partial charge on any atom is -0.504 e. The lowest BCUT2D eigenvalue weighted by molar-refractivity contribution is 0.434. The summed E-state index contributed by atoms with van der Waals surface area (Å²) in [6, 6.07) is 0. The molecule has 1 heterocycles. The van der Waals surface area contributed by atoms with Crippen LogP contribution in [0.2, 0.25) is 0 Å². The van der Waals surface area contributed by atoms with Gasteiger partial charge in [-0.15, -0.1) is 0 Å². The molecule has 0 aliphatic heterocycles. The first-order valence-electron chi connectivity index (χ1n) is 3.51. The van der Waals surface area contributed by atoms with Gasteiger partial charge < -0.3 is 5.11 Å². The van der Waals surface area contributed by atoms with Gasteiger partial charge in [-0.2, -0.15) is 0 Å². The summed E-state index contributed by atoms with van der Waals surface area (Å²) in [5.41, 5.74) is 0.569. The van der Waals surface area contributed by atoms with Crippen LogP contribution in [0.4, 0.5) is 0 Å². The highest BCUT2D eigenvalue weighted by Crippen LogP contribution is 2.26. The Morgan fingerprint density at radius 2 is 2.00 bits per heavy atom. The molecule has 11 heavy (non-hydrogen) atoms. The summed E-state index contributed by atoms with van der Waals surface area (Å²) in [7, 11) is 0. The van der Waals surface area contributed by atoms with Gasteiger partial charge in [0, 0.05) is 5.41 Å². The van der Waals surface area contributed by atoms with E-state index in [1.54, 1.807) is 0 Å². The number of aromatic nitrogens is 2. The quantitative estimate of drug-likeness (QED) is 0.612. The SMILES string of the molecule is CC(C)(C)c1ncncc1O. The summed E-state index contributed by atoms with van der Waals surface area (Å²) in [6.45, 7) is 5.99. The van der Waals surface area contributed by atoms with E-state index in [9.17, 15) is 5.11 Å². The van der Waals surface area contributed by atoms with Gasteiger partial charge in [0.1, 0.15) is 6.33 Å². The highest BCUT2D eigenvalue weighted by Gasteiger charge is 2.18. The topological polar surface area (TPSA) is 46.0 Å². The van der Waals surface area contributed by atoms with Crippen molar-refractivity contribution in [3.8, 4) is 5.75 Å². The Labute approximate surface area is 66.1 Å². The van der Waals surface area contributed by atoms with E-state index < -0.39 is 0 Å². The highest BCUT2D eigenvalue weighted by molar-refractivity contribution is 5.27. The molecule has 0 atom stereocenters. The molecule has 0 amide bonds. The fourth-order valence-electron chi connectivity index (χ4n) is 0.900. The number of nitrogens with zero attached hydrogens (tertiary/aromatic N) is 2. The second-order valence-corrected chi connectivity index (χ2v) is 3.51. The third-order valence-electron chi connectivity index (χ3n) is 1.40. The van der Waals surface area contributed by atoms with Gasteiger partial charge in [-0.3, -0.25) is 0 Å². The molecule has 0 unspecified atom stereocenters.